The minimum atomic E-state index is -0.827. The number of aryl methyl sites for hydroxylation is 1. The van der Waals surface area contributed by atoms with Gasteiger partial charge in [-0.15, -0.1) is 0 Å². The van der Waals surface area contributed by atoms with Crippen LogP contribution in [0.15, 0.2) is 54.6 Å². The maximum Gasteiger partial charge on any atom is 0.412 e. The minimum Gasteiger partial charge on any atom is -0.481 e. The molecule has 2 aliphatic rings. The van der Waals surface area contributed by atoms with Crippen LogP contribution in [0.4, 0.5) is 10.6 Å². The fourth-order valence-corrected chi connectivity index (χ4v) is 4.96. The van der Waals surface area contributed by atoms with Gasteiger partial charge in [0.2, 0.25) is 0 Å². The number of benzene rings is 2. The van der Waals surface area contributed by atoms with E-state index in [-0.39, 0.29) is 24.2 Å². The second-order valence-electron chi connectivity index (χ2n) is 8.89. The van der Waals surface area contributed by atoms with Crippen LogP contribution in [-0.4, -0.2) is 57.5 Å². The number of nitrogens with zero attached hydrogens (tertiary/aromatic N) is 3. The van der Waals surface area contributed by atoms with Gasteiger partial charge in [-0.1, -0.05) is 48.5 Å². The van der Waals surface area contributed by atoms with Crippen LogP contribution in [0.25, 0.3) is 11.1 Å². The highest BCUT2D eigenvalue weighted by Crippen LogP contribution is 2.44. The van der Waals surface area contributed by atoms with Gasteiger partial charge in [0, 0.05) is 32.1 Å². The summed E-state index contributed by atoms with van der Waals surface area (Å²) in [5.74, 6) is -1.33. The summed E-state index contributed by atoms with van der Waals surface area (Å²) in [6, 6.07) is 17.7. The molecule has 0 saturated carbocycles. The normalized spacial score (nSPS) is 15.4. The molecule has 5 rings (SSSR count). The standard InChI is InChI=1S/C26H26N4O5/c1-29-22(24(31)30-12-10-16(11-13-30)25(32)33)14-23(28-29)27-26(34)35-15-21-19-8-4-2-6-17(19)18-7-3-5-9-20(18)21/h2-9,14,16,21H,10-13,15H2,1H3,(H,32,33)(H,27,28,34). The summed E-state index contributed by atoms with van der Waals surface area (Å²) >= 11 is 0. The van der Waals surface area contributed by atoms with Crippen molar-refractivity contribution < 1.29 is 24.2 Å². The number of piperidine rings is 1. The number of ether oxygens (including phenoxy) is 1. The maximum atomic E-state index is 12.9. The van der Waals surface area contributed by atoms with Gasteiger partial charge < -0.3 is 14.7 Å². The van der Waals surface area contributed by atoms with E-state index < -0.39 is 18.0 Å². The van der Waals surface area contributed by atoms with Gasteiger partial charge in [-0.2, -0.15) is 5.10 Å². The number of carboxylic acids is 1. The number of carboxylic acid groups (broad SMARTS) is 1. The van der Waals surface area contributed by atoms with E-state index in [4.69, 9.17) is 9.84 Å². The Kier molecular flexibility index (Phi) is 5.98. The van der Waals surface area contributed by atoms with Gasteiger partial charge in [0.25, 0.3) is 5.91 Å². The van der Waals surface area contributed by atoms with Crippen molar-refractivity contribution in [1.82, 2.24) is 14.7 Å². The van der Waals surface area contributed by atoms with Gasteiger partial charge in [-0.25, -0.2) is 4.79 Å². The van der Waals surface area contributed by atoms with Crippen LogP contribution in [0.2, 0.25) is 0 Å². The van der Waals surface area contributed by atoms with Gasteiger partial charge in [0.1, 0.15) is 12.3 Å². The van der Waals surface area contributed by atoms with Crippen LogP contribution in [-0.2, 0) is 16.6 Å². The van der Waals surface area contributed by atoms with E-state index in [0.717, 1.165) is 22.3 Å². The number of carbonyl (C=O) groups excluding carboxylic acids is 2. The Labute approximate surface area is 202 Å². The lowest BCUT2D eigenvalue weighted by Crippen LogP contribution is -2.40. The van der Waals surface area contributed by atoms with E-state index in [0.29, 0.717) is 31.6 Å². The Morgan fingerprint density at radius 3 is 2.23 bits per heavy atom. The lowest BCUT2D eigenvalue weighted by molar-refractivity contribution is -0.143. The lowest BCUT2D eigenvalue weighted by atomic mass is 9.97. The first-order chi connectivity index (χ1) is 16.9. The minimum absolute atomic E-state index is 0.0530. The summed E-state index contributed by atoms with van der Waals surface area (Å²) < 4.78 is 6.96. The number of nitrogens with one attached hydrogen (secondary N) is 1. The van der Waals surface area contributed by atoms with Crippen molar-refractivity contribution in [3.05, 3.63) is 71.4 Å². The smallest absolute Gasteiger partial charge is 0.412 e. The first-order valence-corrected chi connectivity index (χ1v) is 11.6. The fraction of sp³-hybridized carbons (Fsp3) is 0.308. The molecule has 3 aromatic rings. The van der Waals surface area contributed by atoms with Crippen molar-refractivity contribution in [3.63, 3.8) is 0 Å². The molecular weight excluding hydrogens is 448 g/mol. The fourth-order valence-electron chi connectivity index (χ4n) is 4.96. The van der Waals surface area contributed by atoms with Gasteiger partial charge in [0.15, 0.2) is 5.82 Å². The predicted molar refractivity (Wildman–Crippen MR) is 128 cm³/mol. The second kappa shape index (κ2) is 9.25. The van der Waals surface area contributed by atoms with E-state index in [1.165, 1.54) is 10.7 Å². The number of fused-ring (bicyclic) bond motifs is 3. The molecule has 1 fully saturated rings. The number of rotatable bonds is 5. The molecule has 180 valence electrons. The predicted octanol–water partition coefficient (Wildman–Crippen LogP) is 3.72. The van der Waals surface area contributed by atoms with Crippen LogP contribution in [0.5, 0.6) is 0 Å². The first-order valence-electron chi connectivity index (χ1n) is 11.6. The Hall–Kier alpha value is -4.14. The Morgan fingerprint density at radius 2 is 1.63 bits per heavy atom. The van der Waals surface area contributed by atoms with Crippen molar-refractivity contribution >= 4 is 23.8 Å². The SMILES string of the molecule is Cn1nc(NC(=O)OCC2c3ccccc3-c3ccccc32)cc1C(=O)N1CCC(C(=O)O)CC1. The zero-order chi connectivity index (χ0) is 24.5. The Bertz CT molecular complexity index is 1250. The first kappa shape index (κ1) is 22.6. The van der Waals surface area contributed by atoms with E-state index in [9.17, 15) is 14.4 Å². The van der Waals surface area contributed by atoms with Crippen LogP contribution in [0.1, 0.15) is 40.4 Å². The maximum absolute atomic E-state index is 12.9. The quantitative estimate of drug-likeness (QED) is 0.583. The summed E-state index contributed by atoms with van der Waals surface area (Å²) in [4.78, 5) is 38.2. The van der Waals surface area contributed by atoms with Gasteiger partial charge >= 0.3 is 12.1 Å². The van der Waals surface area contributed by atoms with E-state index >= 15 is 0 Å². The molecule has 1 aliphatic heterocycles. The zero-order valence-electron chi connectivity index (χ0n) is 19.3. The molecule has 1 aromatic heterocycles. The third kappa shape index (κ3) is 4.37. The number of hydrogen-bond donors (Lipinski definition) is 2. The molecule has 9 heteroatoms. The molecule has 2 N–H and O–H groups in total. The summed E-state index contributed by atoms with van der Waals surface area (Å²) in [7, 11) is 1.63. The molecule has 9 nitrogen and oxygen atoms in total. The molecule has 0 atom stereocenters. The van der Waals surface area contributed by atoms with E-state index in [2.05, 4.69) is 34.7 Å². The van der Waals surface area contributed by atoms with Crippen molar-refractivity contribution in [2.45, 2.75) is 18.8 Å². The summed E-state index contributed by atoms with van der Waals surface area (Å²) in [5.41, 5.74) is 4.86. The molecule has 0 radical (unpaired) electrons. The summed E-state index contributed by atoms with van der Waals surface area (Å²) in [5, 5.41) is 16.0. The summed E-state index contributed by atoms with van der Waals surface area (Å²) in [6.45, 7) is 0.920. The highest BCUT2D eigenvalue weighted by molar-refractivity contribution is 5.94. The van der Waals surface area contributed by atoms with Gasteiger partial charge in [-0.05, 0) is 35.1 Å². The molecule has 1 saturated heterocycles. The Balaban J connectivity index is 1.21. The molecule has 0 spiro atoms. The molecule has 2 amide bonds. The second-order valence-corrected chi connectivity index (χ2v) is 8.89. The van der Waals surface area contributed by atoms with Crippen molar-refractivity contribution in [3.8, 4) is 11.1 Å². The van der Waals surface area contributed by atoms with E-state index in [1.807, 2.05) is 24.3 Å². The highest BCUT2D eigenvalue weighted by Gasteiger charge is 2.30. The van der Waals surface area contributed by atoms with Crippen LogP contribution >= 0.6 is 0 Å². The van der Waals surface area contributed by atoms with Crippen LogP contribution in [0.3, 0.4) is 0 Å². The van der Waals surface area contributed by atoms with Crippen LogP contribution in [0, 0.1) is 5.92 Å². The van der Waals surface area contributed by atoms with Crippen LogP contribution < -0.4 is 5.32 Å². The number of anilines is 1. The molecule has 1 aliphatic carbocycles. The molecule has 35 heavy (non-hydrogen) atoms. The van der Waals surface area contributed by atoms with Crippen molar-refractivity contribution in [1.29, 1.82) is 0 Å². The Morgan fingerprint density at radius 1 is 1.03 bits per heavy atom. The number of amides is 2. The number of likely N-dealkylation sites (tertiary alicyclic amines) is 1. The summed E-state index contributed by atoms with van der Waals surface area (Å²) in [6.07, 6.45) is 0.194. The molecular formula is C26H26N4O5. The van der Waals surface area contributed by atoms with Gasteiger partial charge in [-0.3, -0.25) is 19.6 Å². The third-order valence-corrected chi connectivity index (χ3v) is 6.80. The van der Waals surface area contributed by atoms with Crippen molar-refractivity contribution in [2.75, 3.05) is 25.0 Å². The molecule has 0 bridgehead atoms. The van der Waals surface area contributed by atoms with Gasteiger partial charge in [0.05, 0.1) is 5.92 Å². The molecule has 2 aromatic carbocycles. The third-order valence-electron chi connectivity index (χ3n) is 6.80. The van der Waals surface area contributed by atoms with E-state index in [1.54, 1.807) is 11.9 Å². The number of carbonyl (C=O) groups is 3. The lowest BCUT2D eigenvalue weighted by Gasteiger charge is -2.29. The number of aliphatic carboxylic acids is 1. The largest absolute Gasteiger partial charge is 0.481 e. The monoisotopic (exact) mass is 474 g/mol. The number of hydrogen-bond acceptors (Lipinski definition) is 5. The highest BCUT2D eigenvalue weighted by atomic mass is 16.5. The molecule has 2 heterocycles. The average Bonchev–Trinajstić information content (AvgIpc) is 3.39. The topological polar surface area (TPSA) is 114 Å². The van der Waals surface area contributed by atoms with Crippen molar-refractivity contribution in [2.24, 2.45) is 13.0 Å². The zero-order valence-corrected chi connectivity index (χ0v) is 19.3. The average molecular weight is 475 g/mol. The molecule has 0 unspecified atom stereocenters. The number of aromatic nitrogens is 2.